The first kappa shape index (κ1) is 41.6. The number of hydrogen-bond acceptors (Lipinski definition) is 10. The molecule has 4 rings (SSSR count). The molecule has 1 aliphatic heterocycles. The van der Waals surface area contributed by atoms with E-state index in [9.17, 15) is 24.0 Å². The Hall–Kier alpha value is -4.17. The molecular weight excluding hydrogens is 700 g/mol. The van der Waals surface area contributed by atoms with Gasteiger partial charge in [0.15, 0.2) is 0 Å². The van der Waals surface area contributed by atoms with Gasteiger partial charge in [-0.3, -0.25) is 39.3 Å². The van der Waals surface area contributed by atoms with E-state index in [0.29, 0.717) is 18.7 Å². The highest BCUT2D eigenvalue weighted by molar-refractivity contribution is 6.39. The van der Waals surface area contributed by atoms with Crippen LogP contribution in [0.2, 0.25) is 0 Å². The second-order valence-corrected chi connectivity index (χ2v) is 15.7. The summed E-state index contributed by atoms with van der Waals surface area (Å²) in [5.74, 6) is -2.76. The average molecular weight is 755 g/mol. The summed E-state index contributed by atoms with van der Waals surface area (Å²) in [6.45, 7) is 7.77. The molecule has 2 aliphatic carbocycles. The number of aromatic nitrogens is 2. The highest BCUT2D eigenvalue weighted by Gasteiger charge is 2.47. The lowest BCUT2D eigenvalue weighted by Crippen LogP contribution is -2.61. The molecule has 0 bridgehead atoms. The maximum atomic E-state index is 14.6. The molecule has 0 aromatic carbocycles. The van der Waals surface area contributed by atoms with E-state index < -0.39 is 59.2 Å². The van der Waals surface area contributed by atoms with Gasteiger partial charge in [0.25, 0.3) is 5.91 Å². The quantitative estimate of drug-likeness (QED) is 0.0646. The Kier molecular flexibility index (Phi) is 15.5. The zero-order valence-electron chi connectivity index (χ0n) is 31.2. The second-order valence-electron chi connectivity index (χ2n) is 15.2. The van der Waals surface area contributed by atoms with Crippen molar-refractivity contribution >= 4 is 47.2 Å². The molecule has 15 heteroatoms. The van der Waals surface area contributed by atoms with Crippen molar-refractivity contribution < 1.29 is 28.7 Å². The Morgan fingerprint density at radius 2 is 1.81 bits per heavy atom. The first-order chi connectivity index (χ1) is 25.3. The van der Waals surface area contributed by atoms with Gasteiger partial charge in [-0.15, -0.1) is 0 Å². The summed E-state index contributed by atoms with van der Waals surface area (Å²) >= 11 is 5.89. The van der Waals surface area contributed by atoms with Gasteiger partial charge in [0, 0.05) is 43.8 Å². The van der Waals surface area contributed by atoms with Crippen molar-refractivity contribution in [3.05, 3.63) is 47.7 Å². The predicted molar refractivity (Wildman–Crippen MR) is 200 cm³/mol. The number of halogens is 1. The Balaban J connectivity index is 1.57. The summed E-state index contributed by atoms with van der Waals surface area (Å²) in [6, 6.07) is -3.74. The zero-order valence-corrected chi connectivity index (χ0v) is 32.0. The topological polar surface area (TPSA) is 196 Å². The molecule has 1 aromatic heterocycles. The van der Waals surface area contributed by atoms with Gasteiger partial charge in [-0.05, 0) is 55.6 Å². The Bertz CT molecular complexity index is 1510. The lowest BCUT2D eigenvalue weighted by atomic mass is 9.82. The number of amides is 4. The van der Waals surface area contributed by atoms with E-state index >= 15 is 0 Å². The molecule has 3 unspecified atom stereocenters. The second kappa shape index (κ2) is 19.8. The third kappa shape index (κ3) is 12.4. The third-order valence-corrected chi connectivity index (χ3v) is 10.1. The zero-order chi connectivity index (χ0) is 38.5. The number of allylic oxidation sites excluding steroid dienone is 3. The van der Waals surface area contributed by atoms with Crippen molar-refractivity contribution in [2.75, 3.05) is 6.54 Å². The molecule has 0 spiro atoms. The van der Waals surface area contributed by atoms with Crippen molar-refractivity contribution in [1.82, 2.24) is 36.1 Å². The van der Waals surface area contributed by atoms with Crippen LogP contribution in [0.15, 0.2) is 42.0 Å². The molecule has 3 fully saturated rings. The van der Waals surface area contributed by atoms with Crippen molar-refractivity contribution in [3.63, 3.8) is 0 Å². The highest BCUT2D eigenvalue weighted by Crippen LogP contribution is 2.30. The predicted octanol–water partition coefficient (Wildman–Crippen LogP) is 3.45. The minimum absolute atomic E-state index is 0.0217. The van der Waals surface area contributed by atoms with Crippen LogP contribution >= 0.6 is 11.6 Å². The first-order valence-corrected chi connectivity index (χ1v) is 19.1. The van der Waals surface area contributed by atoms with Crippen LogP contribution < -0.4 is 21.3 Å². The van der Waals surface area contributed by atoms with Gasteiger partial charge in [-0.1, -0.05) is 65.0 Å². The van der Waals surface area contributed by atoms with Crippen LogP contribution in [-0.2, 0) is 35.3 Å². The molecule has 4 amide bonds. The normalized spacial score (nSPS) is 21.4. The van der Waals surface area contributed by atoms with Gasteiger partial charge in [-0.2, -0.15) is 0 Å². The van der Waals surface area contributed by atoms with Crippen LogP contribution in [0.25, 0.3) is 0 Å². The molecule has 290 valence electrons. The monoisotopic (exact) mass is 754 g/mol. The lowest BCUT2D eigenvalue weighted by Gasteiger charge is -2.37. The van der Waals surface area contributed by atoms with Crippen LogP contribution in [-0.4, -0.2) is 93.4 Å². The van der Waals surface area contributed by atoms with E-state index in [4.69, 9.17) is 21.7 Å². The molecule has 1 saturated heterocycles. The standard InChI is InChI=1S/C38H55ClN8O6/c1-5-10-29(32(48)36(51)44-26-14-15-26)45-34(49)30-19-28(53-18-9-13-25(39)20-40)23-47(30)37(52)33(38(2,3)4)46-35(50)31(24-11-7-6-8-12-24)43-22-27-21-41-16-17-42-27/h9,13,16-18,20-21,24,26,28-31,33,40,43H,5-8,10-12,14-15,19,22-23H2,1-4H3,(H,44,51)(H,45,49)(H,46,50)/b18-9+,25-13+,40-20?/t28?,29?,30-,31+,33?/m1/s1. The number of ketones is 1. The van der Waals surface area contributed by atoms with Gasteiger partial charge >= 0.3 is 0 Å². The number of likely N-dealkylation sites (tertiary alicyclic amines) is 1. The van der Waals surface area contributed by atoms with Gasteiger partial charge < -0.3 is 31.0 Å². The summed E-state index contributed by atoms with van der Waals surface area (Å²) in [4.78, 5) is 78.6. The molecule has 5 N–H and O–H groups in total. The van der Waals surface area contributed by atoms with Gasteiger partial charge in [-0.25, -0.2) is 0 Å². The van der Waals surface area contributed by atoms with E-state index in [2.05, 4.69) is 31.2 Å². The molecule has 3 aliphatic rings. The van der Waals surface area contributed by atoms with Crippen LogP contribution in [0.3, 0.4) is 0 Å². The summed E-state index contributed by atoms with van der Waals surface area (Å²) in [5, 5.41) is 19.3. The van der Waals surface area contributed by atoms with Crippen molar-refractivity contribution in [2.24, 2.45) is 11.3 Å². The smallest absolute Gasteiger partial charge is 0.289 e. The van der Waals surface area contributed by atoms with Crippen molar-refractivity contribution in [2.45, 2.75) is 135 Å². The largest absolute Gasteiger partial charge is 0.496 e. The maximum absolute atomic E-state index is 14.6. The van der Waals surface area contributed by atoms with Crippen molar-refractivity contribution in [1.29, 1.82) is 5.41 Å². The molecule has 14 nitrogen and oxygen atoms in total. The SMILES string of the molecule is CCCC(NC(=O)[C@H]1CC(O/C=C/C=C(/Cl)C=N)CN1C(=O)C(NC(=O)[C@@H](NCc1cnccn1)C1CCCCC1)C(C)(C)C)C(=O)C(=O)NC1CC1. The number of nitrogens with one attached hydrogen (secondary N) is 5. The number of nitrogens with zero attached hydrogens (tertiary/aromatic N) is 3. The maximum Gasteiger partial charge on any atom is 0.289 e. The molecule has 2 heterocycles. The van der Waals surface area contributed by atoms with Crippen LogP contribution in [0.1, 0.15) is 97.6 Å². The van der Waals surface area contributed by atoms with Gasteiger partial charge in [0.05, 0.1) is 35.6 Å². The number of ether oxygens (including phenoxy) is 1. The number of carbonyl (C=O) groups is 5. The molecule has 0 radical (unpaired) electrons. The van der Waals surface area contributed by atoms with E-state index in [-0.39, 0.29) is 42.3 Å². The Morgan fingerprint density at radius 3 is 2.43 bits per heavy atom. The van der Waals surface area contributed by atoms with E-state index in [1.807, 2.05) is 27.7 Å². The Labute approximate surface area is 317 Å². The van der Waals surface area contributed by atoms with E-state index in [1.54, 1.807) is 18.6 Å². The minimum atomic E-state index is -1.06. The first-order valence-electron chi connectivity index (χ1n) is 18.7. The molecule has 2 saturated carbocycles. The van der Waals surface area contributed by atoms with Gasteiger partial charge in [0.2, 0.25) is 23.5 Å². The summed E-state index contributed by atoms with van der Waals surface area (Å²) < 4.78 is 5.91. The number of Topliss-reactive ketones (excluding diaryl/α,β-unsaturated/α-hetero) is 1. The fourth-order valence-electron chi connectivity index (χ4n) is 6.82. The highest BCUT2D eigenvalue weighted by atomic mass is 35.5. The average Bonchev–Trinajstić information content (AvgIpc) is 3.86. The van der Waals surface area contributed by atoms with Crippen LogP contribution in [0.5, 0.6) is 0 Å². The molecule has 1 aromatic rings. The summed E-state index contributed by atoms with van der Waals surface area (Å²) in [7, 11) is 0. The number of carbonyl (C=O) groups excluding carboxylic acids is 5. The van der Waals surface area contributed by atoms with E-state index in [1.165, 1.54) is 23.3 Å². The molecule has 5 atom stereocenters. The third-order valence-electron chi connectivity index (χ3n) is 9.86. The van der Waals surface area contributed by atoms with Crippen molar-refractivity contribution in [3.8, 4) is 0 Å². The lowest BCUT2D eigenvalue weighted by molar-refractivity contribution is -0.145. The molecular formula is C38H55ClN8O6. The van der Waals surface area contributed by atoms with Crippen LogP contribution in [0.4, 0.5) is 0 Å². The van der Waals surface area contributed by atoms with Gasteiger partial charge in [0.1, 0.15) is 18.2 Å². The fourth-order valence-corrected chi connectivity index (χ4v) is 6.89. The minimum Gasteiger partial charge on any atom is -0.496 e. The Morgan fingerprint density at radius 1 is 1.08 bits per heavy atom. The fraction of sp³-hybridized carbons (Fsp3) is 0.632. The summed E-state index contributed by atoms with van der Waals surface area (Å²) in [6.07, 6.45) is 16.9. The molecule has 53 heavy (non-hydrogen) atoms. The van der Waals surface area contributed by atoms with Crippen LogP contribution in [0, 0.1) is 16.7 Å². The number of rotatable bonds is 18. The summed E-state index contributed by atoms with van der Waals surface area (Å²) in [5.41, 5.74) is -0.0686. The van der Waals surface area contributed by atoms with E-state index in [0.717, 1.165) is 51.2 Å². The number of hydrogen-bond donors (Lipinski definition) is 5.